The monoisotopic (exact) mass is 652 g/mol. The van der Waals surface area contributed by atoms with Gasteiger partial charge in [0.25, 0.3) is 11.8 Å². The lowest BCUT2D eigenvalue weighted by molar-refractivity contribution is -0.171. The zero-order valence-corrected chi connectivity index (χ0v) is 26.3. The lowest BCUT2D eigenvalue weighted by atomic mass is 9.99. The molecule has 0 radical (unpaired) electrons. The number of aliphatic hydroxyl groups excluding tert-OH is 4. The molecule has 4 aromatic rings. The predicted octanol–water partition coefficient (Wildman–Crippen LogP) is 2.43. The van der Waals surface area contributed by atoms with E-state index in [1.54, 1.807) is 48.5 Å². The van der Waals surface area contributed by atoms with Gasteiger partial charge in [-0.3, -0.25) is 9.59 Å². The van der Waals surface area contributed by atoms with Crippen LogP contribution in [0.15, 0.2) is 109 Å². The van der Waals surface area contributed by atoms with Gasteiger partial charge in [0.05, 0.1) is 37.5 Å². The third kappa shape index (κ3) is 7.50. The molecular formula is C38H40N2O8. The van der Waals surface area contributed by atoms with E-state index in [2.05, 4.69) is 10.6 Å². The predicted molar refractivity (Wildman–Crippen MR) is 176 cm³/mol. The second kappa shape index (κ2) is 15.2. The van der Waals surface area contributed by atoms with Crippen LogP contribution in [0, 0.1) is 0 Å². The normalized spacial score (nSPS) is 22.2. The number of carbonyl (C=O) groups is 2. The van der Waals surface area contributed by atoms with Crippen LogP contribution in [0.25, 0.3) is 0 Å². The Morgan fingerprint density at radius 1 is 0.583 bits per heavy atom. The summed E-state index contributed by atoms with van der Waals surface area (Å²) in [6.45, 7) is -0.168. The maximum Gasteiger partial charge on any atom is 0.252 e. The van der Waals surface area contributed by atoms with Crippen LogP contribution in [-0.2, 0) is 45.1 Å². The summed E-state index contributed by atoms with van der Waals surface area (Å²) in [6, 6.07) is 31.2. The lowest BCUT2D eigenvalue weighted by Crippen LogP contribution is -2.57. The highest BCUT2D eigenvalue weighted by Gasteiger charge is 2.44. The molecule has 2 aliphatic carbocycles. The Kier molecular flexibility index (Phi) is 10.6. The van der Waals surface area contributed by atoms with Crippen molar-refractivity contribution < 1.29 is 39.5 Å². The summed E-state index contributed by atoms with van der Waals surface area (Å²) in [5, 5.41) is 50.5. The van der Waals surface area contributed by atoms with Crippen LogP contribution >= 0.6 is 0 Å². The minimum atomic E-state index is -1.94. The zero-order valence-electron chi connectivity index (χ0n) is 26.3. The van der Waals surface area contributed by atoms with Gasteiger partial charge in [0.15, 0.2) is 12.2 Å². The molecule has 10 heteroatoms. The Hall–Kier alpha value is -4.42. The van der Waals surface area contributed by atoms with E-state index >= 15 is 0 Å². The van der Waals surface area contributed by atoms with E-state index in [1.165, 1.54) is 0 Å². The van der Waals surface area contributed by atoms with Crippen molar-refractivity contribution in [1.29, 1.82) is 0 Å². The minimum Gasteiger partial charge on any atom is -0.390 e. The first-order chi connectivity index (χ1) is 23.3. The average Bonchev–Trinajstić information content (AvgIpc) is 3.59. The Bertz CT molecular complexity index is 1560. The van der Waals surface area contributed by atoms with Gasteiger partial charge in [0, 0.05) is 12.8 Å². The number of nitrogens with one attached hydrogen (secondary N) is 2. The molecule has 250 valence electrons. The smallest absolute Gasteiger partial charge is 0.252 e. The topological polar surface area (TPSA) is 158 Å². The Morgan fingerprint density at radius 3 is 1.33 bits per heavy atom. The van der Waals surface area contributed by atoms with Gasteiger partial charge >= 0.3 is 0 Å². The number of amides is 2. The Balaban J connectivity index is 1.25. The van der Waals surface area contributed by atoms with Gasteiger partial charge in [0.2, 0.25) is 0 Å². The molecule has 0 spiro atoms. The summed E-state index contributed by atoms with van der Waals surface area (Å²) in [6.07, 6.45) is -8.32. The minimum absolute atomic E-state index is 0.0840. The summed E-state index contributed by atoms with van der Waals surface area (Å²) in [7, 11) is 0. The Labute approximate surface area is 279 Å². The summed E-state index contributed by atoms with van der Waals surface area (Å²) < 4.78 is 11.9. The molecule has 5 unspecified atom stereocenters. The molecule has 48 heavy (non-hydrogen) atoms. The van der Waals surface area contributed by atoms with Gasteiger partial charge < -0.3 is 40.5 Å². The first-order valence-corrected chi connectivity index (χ1v) is 16.1. The van der Waals surface area contributed by atoms with Gasteiger partial charge in [-0.2, -0.15) is 0 Å². The van der Waals surface area contributed by atoms with Crippen LogP contribution in [0.3, 0.4) is 0 Å². The van der Waals surface area contributed by atoms with Crippen molar-refractivity contribution in [2.75, 3.05) is 0 Å². The molecule has 0 heterocycles. The molecular weight excluding hydrogens is 612 g/mol. The van der Waals surface area contributed by atoms with E-state index in [0.29, 0.717) is 24.0 Å². The standard InChI is InChI=1S/C38H40N2O8/c41-29-19-25-15-7-9-17-27(25)31(29)39-37(45)35(47-21-23-11-3-1-4-12-23)33(43)34(44)36(48-22-24-13-5-2-6-14-24)38(46)40-32-28-18-10-8-16-26(28)20-30(32)42/h1-18,29-36,41-44H,19-22H2,(H,39,45)(H,40,46)/t29?,30?,31-,32?,33?,34?,35+,36+/m0/s1. The van der Waals surface area contributed by atoms with Crippen LogP contribution in [0.4, 0.5) is 0 Å². The van der Waals surface area contributed by atoms with Crippen molar-refractivity contribution in [3.05, 3.63) is 143 Å². The van der Waals surface area contributed by atoms with E-state index in [9.17, 15) is 30.0 Å². The van der Waals surface area contributed by atoms with E-state index in [4.69, 9.17) is 9.47 Å². The zero-order chi connectivity index (χ0) is 33.6. The summed E-state index contributed by atoms with van der Waals surface area (Å²) >= 11 is 0. The van der Waals surface area contributed by atoms with E-state index < -0.39 is 60.5 Å². The number of carbonyl (C=O) groups excluding carboxylic acids is 2. The maximum absolute atomic E-state index is 13.9. The average molecular weight is 653 g/mol. The molecule has 2 amide bonds. The molecule has 6 N–H and O–H groups in total. The molecule has 6 rings (SSSR count). The molecule has 10 nitrogen and oxygen atoms in total. The highest BCUT2D eigenvalue weighted by atomic mass is 16.5. The SMILES string of the molecule is O=C(NC1c2ccccc2CC1O)[C@H](OCc1ccccc1)C(O)C(O)[C@@H](OCc1ccccc1)C(=O)N[C@H]1c2ccccc2CC1O. The fourth-order valence-electron chi connectivity index (χ4n) is 6.50. The van der Waals surface area contributed by atoms with Gasteiger partial charge in [-0.05, 0) is 33.4 Å². The highest BCUT2D eigenvalue weighted by molar-refractivity contribution is 5.84. The van der Waals surface area contributed by atoms with Crippen molar-refractivity contribution in [3.8, 4) is 0 Å². The molecule has 8 atom stereocenters. The third-order valence-electron chi connectivity index (χ3n) is 9.04. The third-order valence-corrected chi connectivity index (χ3v) is 9.04. The summed E-state index contributed by atoms with van der Waals surface area (Å²) in [4.78, 5) is 27.7. The fraction of sp³-hybridized carbons (Fsp3) is 0.316. The largest absolute Gasteiger partial charge is 0.390 e. The Morgan fingerprint density at radius 2 is 0.938 bits per heavy atom. The van der Waals surface area contributed by atoms with E-state index in [0.717, 1.165) is 22.3 Å². The van der Waals surface area contributed by atoms with Crippen molar-refractivity contribution >= 4 is 11.8 Å². The first kappa shape index (κ1) is 33.5. The van der Waals surface area contributed by atoms with Crippen LogP contribution in [0.2, 0.25) is 0 Å². The molecule has 0 bridgehead atoms. The summed E-state index contributed by atoms with van der Waals surface area (Å²) in [5.41, 5.74) is 4.69. The number of benzene rings is 4. The first-order valence-electron chi connectivity index (χ1n) is 16.1. The van der Waals surface area contributed by atoms with Gasteiger partial charge in [0.1, 0.15) is 12.2 Å². The van der Waals surface area contributed by atoms with Crippen LogP contribution in [0.1, 0.15) is 45.5 Å². The number of hydrogen-bond acceptors (Lipinski definition) is 8. The van der Waals surface area contributed by atoms with Gasteiger partial charge in [-0.1, -0.05) is 109 Å². The fourth-order valence-corrected chi connectivity index (χ4v) is 6.50. The summed E-state index contributed by atoms with van der Waals surface area (Å²) in [5.74, 6) is -1.55. The van der Waals surface area contributed by atoms with Crippen molar-refractivity contribution in [2.45, 2.75) is 74.8 Å². The van der Waals surface area contributed by atoms with E-state index in [-0.39, 0.29) is 13.2 Å². The molecule has 0 saturated heterocycles. The molecule has 0 fully saturated rings. The quantitative estimate of drug-likeness (QED) is 0.129. The van der Waals surface area contributed by atoms with Crippen LogP contribution < -0.4 is 10.6 Å². The van der Waals surface area contributed by atoms with Crippen LogP contribution in [-0.4, -0.2) is 68.9 Å². The molecule has 0 aliphatic heterocycles. The number of rotatable bonds is 13. The molecule has 0 saturated carbocycles. The second-order valence-corrected chi connectivity index (χ2v) is 12.3. The lowest BCUT2D eigenvalue weighted by Gasteiger charge is -2.32. The maximum atomic E-state index is 13.9. The molecule has 2 aliphatic rings. The van der Waals surface area contributed by atoms with Gasteiger partial charge in [-0.25, -0.2) is 0 Å². The molecule has 0 aromatic heterocycles. The van der Waals surface area contributed by atoms with E-state index in [1.807, 2.05) is 60.7 Å². The second-order valence-electron chi connectivity index (χ2n) is 12.3. The number of aliphatic hydroxyl groups is 4. The number of ether oxygens (including phenoxy) is 2. The van der Waals surface area contributed by atoms with Gasteiger partial charge in [-0.15, -0.1) is 0 Å². The number of hydrogen-bond donors (Lipinski definition) is 6. The number of fused-ring (bicyclic) bond motifs is 2. The van der Waals surface area contributed by atoms with Crippen LogP contribution in [0.5, 0.6) is 0 Å². The van der Waals surface area contributed by atoms with Crippen molar-refractivity contribution in [1.82, 2.24) is 10.6 Å². The van der Waals surface area contributed by atoms with Crippen molar-refractivity contribution in [3.63, 3.8) is 0 Å². The van der Waals surface area contributed by atoms with Crippen molar-refractivity contribution in [2.24, 2.45) is 0 Å². The highest BCUT2D eigenvalue weighted by Crippen LogP contribution is 2.33. The molecule has 4 aromatic carbocycles.